The number of hydrogen-bond acceptors (Lipinski definition) is 6. The van der Waals surface area contributed by atoms with Gasteiger partial charge in [0.05, 0.1) is 17.3 Å². The van der Waals surface area contributed by atoms with Crippen LogP contribution in [0.4, 0.5) is 10.5 Å². The number of esters is 1. The summed E-state index contributed by atoms with van der Waals surface area (Å²) in [4.78, 5) is 32.1. The normalized spacial score (nSPS) is 15.4. The lowest BCUT2D eigenvalue weighted by atomic mass is 10.0. The third-order valence-electron chi connectivity index (χ3n) is 4.37. The molecule has 1 aromatic heterocycles. The molecule has 0 N–H and O–H groups in total. The quantitative estimate of drug-likeness (QED) is 0.497. The average molecular weight is 463 g/mol. The molecule has 0 aliphatic carbocycles. The minimum atomic E-state index is -0.528. The molecule has 2 heterocycles. The zero-order valence-corrected chi connectivity index (χ0v) is 18.6. The minimum Gasteiger partial charge on any atom is -0.465 e. The van der Waals surface area contributed by atoms with Crippen LogP contribution in [0.2, 0.25) is 5.15 Å². The van der Waals surface area contributed by atoms with Crippen LogP contribution in [0.1, 0.15) is 44.0 Å². The zero-order valence-electron chi connectivity index (χ0n) is 16.2. The fourth-order valence-electron chi connectivity index (χ4n) is 2.98. The molecule has 1 saturated heterocycles. The highest BCUT2D eigenvalue weighted by atomic mass is 79.9. The molecule has 1 amide bonds. The van der Waals surface area contributed by atoms with Crippen molar-refractivity contribution in [2.75, 3.05) is 32.1 Å². The molecule has 0 bridgehead atoms. The van der Waals surface area contributed by atoms with Gasteiger partial charge < -0.3 is 19.3 Å². The summed E-state index contributed by atoms with van der Waals surface area (Å²) in [7, 11) is 3.09. The van der Waals surface area contributed by atoms with E-state index in [1.54, 1.807) is 11.9 Å². The van der Waals surface area contributed by atoms with Crippen molar-refractivity contribution >= 4 is 45.3 Å². The minimum absolute atomic E-state index is 0.0637. The molecule has 2 rings (SSSR count). The Morgan fingerprint density at radius 1 is 1.33 bits per heavy atom. The summed E-state index contributed by atoms with van der Waals surface area (Å²) < 4.78 is 10.9. The number of aromatic nitrogens is 1. The Morgan fingerprint density at radius 2 is 1.93 bits per heavy atom. The topological polar surface area (TPSA) is 72.0 Å². The van der Waals surface area contributed by atoms with Crippen molar-refractivity contribution in [3.05, 3.63) is 21.4 Å². The Labute approximate surface area is 173 Å². The van der Waals surface area contributed by atoms with Gasteiger partial charge in [-0.05, 0) is 49.5 Å². The molecular weight excluding hydrogens is 438 g/mol. The first-order valence-electron chi connectivity index (χ1n) is 8.68. The van der Waals surface area contributed by atoms with Gasteiger partial charge in [-0.25, -0.2) is 14.6 Å². The van der Waals surface area contributed by atoms with E-state index in [-0.39, 0.29) is 17.3 Å². The standard InChI is InChI=1S/C18H25BrClN3O4/c1-18(2,3)27-17(25)22(4)11-6-8-23(9-7-11)14-12(16(24)26-5)10-21-15(20)13(14)19/h10-11H,6-9H2,1-5H3. The molecule has 1 aliphatic heterocycles. The van der Waals surface area contributed by atoms with Crippen LogP contribution >= 0.6 is 27.5 Å². The highest BCUT2D eigenvalue weighted by molar-refractivity contribution is 9.10. The van der Waals surface area contributed by atoms with Gasteiger partial charge in [0.1, 0.15) is 16.3 Å². The van der Waals surface area contributed by atoms with Gasteiger partial charge in [0.2, 0.25) is 0 Å². The number of carbonyl (C=O) groups excluding carboxylic acids is 2. The van der Waals surface area contributed by atoms with Gasteiger partial charge in [0.15, 0.2) is 0 Å². The molecule has 0 saturated carbocycles. The molecular formula is C18H25BrClN3O4. The Kier molecular flexibility index (Phi) is 6.97. The van der Waals surface area contributed by atoms with Crippen molar-refractivity contribution in [2.24, 2.45) is 0 Å². The third kappa shape index (κ3) is 5.25. The predicted octanol–water partition coefficient (Wildman–Crippen LogP) is 4.12. The van der Waals surface area contributed by atoms with Crippen LogP contribution in [0.5, 0.6) is 0 Å². The Balaban J connectivity index is 2.13. The molecule has 9 heteroatoms. The summed E-state index contributed by atoms with van der Waals surface area (Å²) in [5, 5.41) is 0.283. The van der Waals surface area contributed by atoms with Crippen LogP contribution in [0, 0.1) is 0 Å². The average Bonchev–Trinajstić information content (AvgIpc) is 2.61. The smallest absolute Gasteiger partial charge is 0.410 e. The molecule has 150 valence electrons. The van der Waals surface area contributed by atoms with E-state index in [4.69, 9.17) is 21.1 Å². The fourth-order valence-corrected chi connectivity index (χ4v) is 3.69. The number of pyridine rings is 1. The number of piperidine rings is 1. The van der Waals surface area contributed by atoms with Crippen molar-refractivity contribution in [1.82, 2.24) is 9.88 Å². The lowest BCUT2D eigenvalue weighted by Gasteiger charge is -2.39. The third-order valence-corrected chi connectivity index (χ3v) is 5.63. The predicted molar refractivity (Wildman–Crippen MR) is 108 cm³/mol. The SMILES string of the molecule is COC(=O)c1cnc(Cl)c(Br)c1N1CCC(N(C)C(=O)OC(C)(C)C)CC1. The van der Waals surface area contributed by atoms with E-state index in [0.29, 0.717) is 28.8 Å². The Morgan fingerprint density at radius 3 is 2.44 bits per heavy atom. The first kappa shape index (κ1) is 21.8. The fraction of sp³-hybridized carbons (Fsp3) is 0.611. The van der Waals surface area contributed by atoms with E-state index < -0.39 is 11.6 Å². The molecule has 0 radical (unpaired) electrons. The summed E-state index contributed by atoms with van der Waals surface area (Å²) >= 11 is 9.56. The van der Waals surface area contributed by atoms with Crippen molar-refractivity contribution in [3.63, 3.8) is 0 Å². The first-order valence-corrected chi connectivity index (χ1v) is 9.85. The van der Waals surface area contributed by atoms with Crippen LogP contribution in [0.15, 0.2) is 10.7 Å². The Hall–Kier alpha value is -1.54. The van der Waals surface area contributed by atoms with Crippen LogP contribution in [-0.2, 0) is 9.47 Å². The molecule has 0 aromatic carbocycles. The molecule has 0 unspecified atom stereocenters. The molecule has 27 heavy (non-hydrogen) atoms. The van der Waals surface area contributed by atoms with Crippen LogP contribution in [-0.4, -0.2) is 60.8 Å². The first-order chi connectivity index (χ1) is 12.5. The van der Waals surface area contributed by atoms with Gasteiger partial charge in [-0.2, -0.15) is 0 Å². The molecule has 0 atom stereocenters. The maximum absolute atomic E-state index is 12.3. The van der Waals surface area contributed by atoms with Crippen molar-refractivity contribution in [3.8, 4) is 0 Å². The molecule has 7 nitrogen and oxygen atoms in total. The van der Waals surface area contributed by atoms with E-state index in [2.05, 4.69) is 25.8 Å². The number of nitrogens with zero attached hydrogens (tertiary/aromatic N) is 3. The van der Waals surface area contributed by atoms with Gasteiger partial charge >= 0.3 is 12.1 Å². The number of halogens is 2. The summed E-state index contributed by atoms with van der Waals surface area (Å²) in [6, 6.07) is 0.0637. The Bertz CT molecular complexity index is 715. The monoisotopic (exact) mass is 461 g/mol. The van der Waals surface area contributed by atoms with E-state index in [9.17, 15) is 9.59 Å². The van der Waals surface area contributed by atoms with E-state index in [1.807, 2.05) is 20.8 Å². The highest BCUT2D eigenvalue weighted by Crippen LogP contribution is 2.37. The van der Waals surface area contributed by atoms with Gasteiger partial charge in [0, 0.05) is 32.4 Å². The number of rotatable bonds is 3. The van der Waals surface area contributed by atoms with E-state index in [0.717, 1.165) is 12.8 Å². The summed E-state index contributed by atoms with van der Waals surface area (Å²) in [6.07, 6.45) is 2.57. The number of anilines is 1. The van der Waals surface area contributed by atoms with E-state index in [1.165, 1.54) is 13.3 Å². The second-order valence-electron chi connectivity index (χ2n) is 7.43. The molecule has 1 aliphatic rings. The summed E-state index contributed by atoms with van der Waals surface area (Å²) in [6.45, 7) is 6.85. The maximum Gasteiger partial charge on any atom is 0.410 e. The maximum atomic E-state index is 12.3. The van der Waals surface area contributed by atoms with Gasteiger partial charge in [-0.15, -0.1) is 0 Å². The van der Waals surface area contributed by atoms with Crippen molar-refractivity contribution in [2.45, 2.75) is 45.3 Å². The van der Waals surface area contributed by atoms with Crippen molar-refractivity contribution in [1.29, 1.82) is 0 Å². The number of carbonyl (C=O) groups is 2. The molecule has 1 aromatic rings. The van der Waals surface area contributed by atoms with Gasteiger partial charge in [-0.1, -0.05) is 11.6 Å². The van der Waals surface area contributed by atoms with Crippen molar-refractivity contribution < 1.29 is 19.1 Å². The van der Waals surface area contributed by atoms with E-state index >= 15 is 0 Å². The molecule has 0 spiro atoms. The number of ether oxygens (including phenoxy) is 2. The molecule has 1 fully saturated rings. The summed E-state index contributed by atoms with van der Waals surface area (Å²) in [5.41, 5.74) is 0.494. The van der Waals surface area contributed by atoms with Gasteiger partial charge in [-0.3, -0.25) is 0 Å². The van der Waals surface area contributed by atoms with Gasteiger partial charge in [0.25, 0.3) is 0 Å². The lowest BCUT2D eigenvalue weighted by Crippen LogP contribution is -2.47. The number of amides is 1. The number of hydrogen-bond donors (Lipinski definition) is 0. The lowest BCUT2D eigenvalue weighted by molar-refractivity contribution is 0.0201. The van der Waals surface area contributed by atoms with Crippen LogP contribution in [0.3, 0.4) is 0 Å². The number of methoxy groups -OCH3 is 1. The second kappa shape index (κ2) is 8.65. The summed E-state index contributed by atoms with van der Waals surface area (Å²) in [5.74, 6) is -0.470. The zero-order chi connectivity index (χ0) is 20.4. The van der Waals surface area contributed by atoms with Crippen LogP contribution < -0.4 is 4.90 Å². The second-order valence-corrected chi connectivity index (χ2v) is 8.58. The van der Waals surface area contributed by atoms with Crippen LogP contribution in [0.25, 0.3) is 0 Å². The highest BCUT2D eigenvalue weighted by Gasteiger charge is 2.31. The largest absolute Gasteiger partial charge is 0.465 e.